The number of anilines is 2. The van der Waals surface area contributed by atoms with Gasteiger partial charge in [-0.1, -0.05) is 36.8 Å². The Hall–Kier alpha value is -4.21. The number of aryl methyl sites for hydroxylation is 3. The summed E-state index contributed by atoms with van der Waals surface area (Å²) in [6.45, 7) is 5.76. The van der Waals surface area contributed by atoms with Crippen LogP contribution in [0, 0.1) is 19.8 Å². The van der Waals surface area contributed by atoms with E-state index in [0.717, 1.165) is 21.6 Å². The molecule has 1 aromatic carbocycles. The SMILES string of the molecule is CC[C@@H](NC(=O)N1C(=O)[C@H](Cc2cc(C)nc(N)c2)[C@H]1C(=O)N(C)c1ccn(C)n1)c1cccc(C)c1. The molecule has 0 bridgehead atoms. The van der Waals surface area contributed by atoms with Crippen LogP contribution in [0.3, 0.4) is 0 Å². The topological polar surface area (TPSA) is 126 Å². The number of hydrogen-bond acceptors (Lipinski definition) is 6. The van der Waals surface area contributed by atoms with E-state index in [-0.39, 0.29) is 18.4 Å². The Labute approximate surface area is 216 Å². The summed E-state index contributed by atoms with van der Waals surface area (Å²) in [6, 6.07) is 11.2. The summed E-state index contributed by atoms with van der Waals surface area (Å²) in [5, 5.41) is 7.25. The first-order chi connectivity index (χ1) is 17.6. The number of hydrogen-bond donors (Lipinski definition) is 2. The maximum Gasteiger partial charge on any atom is 0.325 e. The van der Waals surface area contributed by atoms with Gasteiger partial charge in [0.1, 0.15) is 11.9 Å². The van der Waals surface area contributed by atoms with Gasteiger partial charge in [-0.15, -0.1) is 0 Å². The van der Waals surface area contributed by atoms with Crippen LogP contribution in [-0.4, -0.2) is 50.6 Å². The van der Waals surface area contributed by atoms with Crippen molar-refractivity contribution in [2.45, 2.75) is 45.7 Å². The van der Waals surface area contributed by atoms with Gasteiger partial charge in [0.05, 0.1) is 12.0 Å². The second-order valence-electron chi connectivity index (χ2n) is 9.57. The van der Waals surface area contributed by atoms with Gasteiger partial charge in [0.25, 0.3) is 5.91 Å². The second kappa shape index (κ2) is 10.4. The van der Waals surface area contributed by atoms with Crippen LogP contribution < -0.4 is 16.0 Å². The van der Waals surface area contributed by atoms with Crippen molar-refractivity contribution in [2.24, 2.45) is 13.0 Å². The number of aromatic nitrogens is 3. The van der Waals surface area contributed by atoms with Gasteiger partial charge in [0.15, 0.2) is 5.82 Å². The third-order valence-electron chi connectivity index (χ3n) is 6.70. The number of nitrogens with zero attached hydrogens (tertiary/aromatic N) is 5. The number of imide groups is 1. The fourth-order valence-corrected chi connectivity index (χ4v) is 4.82. The summed E-state index contributed by atoms with van der Waals surface area (Å²) in [5.74, 6) is -0.738. The van der Waals surface area contributed by atoms with E-state index in [1.807, 2.05) is 51.1 Å². The highest BCUT2D eigenvalue weighted by Crippen LogP contribution is 2.33. The Morgan fingerprint density at radius 2 is 1.95 bits per heavy atom. The first-order valence-electron chi connectivity index (χ1n) is 12.3. The smallest absolute Gasteiger partial charge is 0.325 e. The van der Waals surface area contributed by atoms with Crippen molar-refractivity contribution >= 4 is 29.5 Å². The highest BCUT2D eigenvalue weighted by molar-refractivity contribution is 6.12. The highest BCUT2D eigenvalue weighted by atomic mass is 16.2. The Bertz CT molecular complexity index is 1310. The molecular weight excluding hydrogens is 470 g/mol. The highest BCUT2D eigenvalue weighted by Gasteiger charge is 2.55. The molecule has 3 atom stereocenters. The third kappa shape index (κ3) is 5.32. The molecule has 1 fully saturated rings. The fourth-order valence-electron chi connectivity index (χ4n) is 4.82. The zero-order chi connectivity index (χ0) is 26.9. The minimum absolute atomic E-state index is 0.262. The van der Waals surface area contributed by atoms with Crippen LogP contribution >= 0.6 is 0 Å². The molecule has 1 aliphatic heterocycles. The van der Waals surface area contributed by atoms with E-state index in [2.05, 4.69) is 15.4 Å². The number of pyridine rings is 1. The Morgan fingerprint density at radius 3 is 2.57 bits per heavy atom. The number of likely N-dealkylation sites (tertiary alicyclic amines) is 1. The van der Waals surface area contributed by atoms with Gasteiger partial charge in [-0.3, -0.25) is 24.1 Å². The van der Waals surface area contributed by atoms with Crippen molar-refractivity contribution < 1.29 is 14.4 Å². The molecule has 0 spiro atoms. The van der Waals surface area contributed by atoms with Crippen molar-refractivity contribution in [1.82, 2.24) is 25.0 Å². The van der Waals surface area contributed by atoms with Gasteiger partial charge in [-0.05, 0) is 49.9 Å². The molecule has 0 aliphatic carbocycles. The second-order valence-corrected chi connectivity index (χ2v) is 9.57. The molecule has 37 heavy (non-hydrogen) atoms. The van der Waals surface area contributed by atoms with Crippen LogP contribution in [-0.2, 0) is 23.1 Å². The Balaban J connectivity index is 1.61. The third-order valence-corrected chi connectivity index (χ3v) is 6.70. The molecule has 10 nitrogen and oxygen atoms in total. The zero-order valence-corrected chi connectivity index (χ0v) is 21.8. The number of carbonyl (C=O) groups is 3. The van der Waals surface area contributed by atoms with E-state index in [4.69, 9.17) is 5.73 Å². The molecule has 194 valence electrons. The normalized spacial score (nSPS) is 17.8. The number of carbonyl (C=O) groups excluding carboxylic acids is 3. The van der Waals surface area contributed by atoms with E-state index in [1.165, 1.54) is 4.90 Å². The lowest BCUT2D eigenvalue weighted by Gasteiger charge is -2.45. The number of nitrogen functional groups attached to an aromatic ring is 1. The molecule has 1 aliphatic rings. The van der Waals surface area contributed by atoms with Crippen LogP contribution in [0.5, 0.6) is 0 Å². The van der Waals surface area contributed by atoms with Gasteiger partial charge < -0.3 is 11.1 Å². The molecule has 2 aromatic heterocycles. The zero-order valence-electron chi connectivity index (χ0n) is 21.8. The van der Waals surface area contributed by atoms with Crippen molar-refractivity contribution in [3.05, 3.63) is 71.0 Å². The summed E-state index contributed by atoms with van der Waals surface area (Å²) in [4.78, 5) is 47.0. The number of β-lactam (4-membered cyclic amide) rings is 1. The summed E-state index contributed by atoms with van der Waals surface area (Å²) in [5.41, 5.74) is 9.42. The summed E-state index contributed by atoms with van der Waals surface area (Å²) < 4.78 is 1.59. The van der Waals surface area contributed by atoms with Gasteiger partial charge >= 0.3 is 6.03 Å². The lowest BCUT2D eigenvalue weighted by molar-refractivity contribution is -0.156. The van der Waals surface area contributed by atoms with Crippen molar-refractivity contribution in [2.75, 3.05) is 17.7 Å². The Kier molecular flexibility index (Phi) is 7.28. The number of benzene rings is 1. The average molecular weight is 504 g/mol. The molecule has 0 saturated carbocycles. The van der Waals surface area contributed by atoms with Gasteiger partial charge in [-0.2, -0.15) is 5.10 Å². The van der Waals surface area contributed by atoms with Crippen molar-refractivity contribution in [3.63, 3.8) is 0 Å². The summed E-state index contributed by atoms with van der Waals surface area (Å²) >= 11 is 0. The first kappa shape index (κ1) is 25.9. The predicted octanol–water partition coefficient (Wildman–Crippen LogP) is 2.91. The van der Waals surface area contributed by atoms with Crippen molar-refractivity contribution in [1.29, 1.82) is 0 Å². The maximum absolute atomic E-state index is 13.7. The van der Waals surface area contributed by atoms with E-state index >= 15 is 0 Å². The number of nitrogens with two attached hydrogens (primary N) is 1. The number of nitrogens with one attached hydrogen (secondary N) is 1. The van der Waals surface area contributed by atoms with E-state index in [1.54, 1.807) is 37.1 Å². The molecule has 0 radical (unpaired) electrons. The van der Waals surface area contributed by atoms with E-state index in [0.29, 0.717) is 23.8 Å². The minimum atomic E-state index is -0.982. The monoisotopic (exact) mass is 503 g/mol. The molecule has 0 unspecified atom stereocenters. The molecular formula is C27H33N7O3. The first-order valence-corrected chi connectivity index (χ1v) is 12.3. The Morgan fingerprint density at radius 1 is 1.19 bits per heavy atom. The maximum atomic E-state index is 13.7. The largest absolute Gasteiger partial charge is 0.384 e. The molecule has 1 saturated heterocycles. The van der Waals surface area contributed by atoms with Crippen LogP contribution in [0.1, 0.15) is 41.8 Å². The van der Waals surface area contributed by atoms with E-state index < -0.39 is 23.9 Å². The van der Waals surface area contributed by atoms with Crippen LogP contribution in [0.15, 0.2) is 48.7 Å². The van der Waals surface area contributed by atoms with Crippen LogP contribution in [0.25, 0.3) is 0 Å². The minimum Gasteiger partial charge on any atom is -0.384 e. The standard InChI is InChI=1S/C27H33N7O3/c1-6-21(19-9-7-8-16(2)12-19)30-27(37)34-24(26(36)33(5)23-10-11-32(4)31-23)20(25(34)35)14-18-13-17(3)29-22(28)15-18/h7-13,15,20-21,24H,6,14H2,1-5H3,(H2,28,29)(H,30,37)/t20-,21-,24+/m1/s1. The number of amides is 4. The fraction of sp³-hybridized carbons (Fsp3) is 0.370. The number of urea groups is 1. The molecule has 4 amide bonds. The van der Waals surface area contributed by atoms with Gasteiger partial charge in [-0.25, -0.2) is 9.78 Å². The number of likely N-dealkylation sites (N-methyl/N-ethyl adjacent to an activating group) is 1. The van der Waals surface area contributed by atoms with E-state index in [9.17, 15) is 14.4 Å². The molecule has 4 rings (SSSR count). The lowest BCUT2D eigenvalue weighted by atomic mass is 9.81. The predicted molar refractivity (Wildman–Crippen MR) is 141 cm³/mol. The molecule has 3 N–H and O–H groups in total. The quantitative estimate of drug-likeness (QED) is 0.478. The summed E-state index contributed by atoms with van der Waals surface area (Å²) in [6.07, 6.45) is 2.61. The average Bonchev–Trinajstić information content (AvgIpc) is 3.28. The van der Waals surface area contributed by atoms with Crippen molar-refractivity contribution in [3.8, 4) is 0 Å². The molecule has 10 heteroatoms. The summed E-state index contributed by atoms with van der Waals surface area (Å²) in [7, 11) is 3.35. The van der Waals surface area contributed by atoms with Gasteiger partial charge in [0.2, 0.25) is 5.91 Å². The van der Waals surface area contributed by atoms with Crippen LogP contribution in [0.2, 0.25) is 0 Å². The lowest BCUT2D eigenvalue weighted by Crippen LogP contribution is -2.70. The molecule has 3 heterocycles. The van der Waals surface area contributed by atoms with Gasteiger partial charge in [0, 0.05) is 32.1 Å². The number of rotatable bonds is 7. The molecule has 3 aromatic rings. The van der Waals surface area contributed by atoms with Crippen LogP contribution in [0.4, 0.5) is 16.4 Å².